The number of hydrogen-bond acceptors (Lipinski definition) is 3. The number of rotatable bonds is 4. The molecule has 1 aromatic carbocycles. The molecule has 2 bridgehead atoms. The van der Waals surface area contributed by atoms with Crippen molar-refractivity contribution in [2.45, 2.75) is 51.2 Å². The van der Waals surface area contributed by atoms with Crippen molar-refractivity contribution in [2.24, 2.45) is 0 Å². The van der Waals surface area contributed by atoms with E-state index < -0.39 is 0 Å². The zero-order chi connectivity index (χ0) is 18.4. The van der Waals surface area contributed by atoms with E-state index in [4.69, 9.17) is 4.98 Å². The molecule has 1 N–H and O–H groups in total. The van der Waals surface area contributed by atoms with Crippen molar-refractivity contribution in [3.8, 4) is 11.3 Å². The highest BCUT2D eigenvalue weighted by Gasteiger charge is 2.34. The van der Waals surface area contributed by atoms with Crippen LogP contribution in [-0.4, -0.2) is 39.5 Å². The number of imidazole rings is 1. The fourth-order valence-corrected chi connectivity index (χ4v) is 4.64. The van der Waals surface area contributed by atoms with E-state index >= 15 is 0 Å². The molecule has 0 amide bonds. The number of piperidine rings is 2. The lowest BCUT2D eigenvalue weighted by Crippen LogP contribution is -2.60. The first-order valence-electron chi connectivity index (χ1n) is 10.2. The van der Waals surface area contributed by atoms with Crippen LogP contribution in [0, 0.1) is 0 Å². The Kier molecular flexibility index (Phi) is 6.90. The van der Waals surface area contributed by atoms with Gasteiger partial charge >= 0.3 is 0 Å². The summed E-state index contributed by atoms with van der Waals surface area (Å²) in [4.78, 5) is 7.67. The van der Waals surface area contributed by atoms with Crippen LogP contribution in [0.3, 0.4) is 0 Å². The summed E-state index contributed by atoms with van der Waals surface area (Å²) in [5.74, 6) is 0.552. The minimum absolute atomic E-state index is 0. The third-order valence-corrected chi connectivity index (χ3v) is 6.29. The minimum Gasteiger partial charge on any atom is -0.311 e. The Morgan fingerprint density at radius 2 is 1.86 bits per heavy atom. The monoisotopic (exact) mass is 432 g/mol. The standard InChI is InChI=1S/C23H28N4.2ClH/c1-16(2)17-6-8-18(9-7-17)23-21(27-12-4-3-5-22(27)25-23)15-26-14-19-10-11-20(26)13-24-19;;/h3-9,12,16,19-20,24H,10-11,13-15H2,1-2H3;2*1H. The number of aromatic nitrogens is 2. The molecule has 2 aromatic heterocycles. The van der Waals surface area contributed by atoms with Gasteiger partial charge in [0, 0.05) is 43.5 Å². The van der Waals surface area contributed by atoms with Crippen molar-refractivity contribution in [3.05, 3.63) is 59.9 Å². The molecule has 3 aliphatic heterocycles. The van der Waals surface area contributed by atoms with Gasteiger partial charge in [-0.3, -0.25) is 4.90 Å². The minimum atomic E-state index is 0. The lowest BCUT2D eigenvalue weighted by molar-refractivity contribution is 0.0674. The predicted molar refractivity (Wildman–Crippen MR) is 124 cm³/mol. The molecule has 3 aromatic rings. The maximum atomic E-state index is 5.01. The van der Waals surface area contributed by atoms with Crippen molar-refractivity contribution < 1.29 is 0 Å². The number of fused-ring (bicyclic) bond motifs is 4. The molecule has 4 nitrogen and oxygen atoms in total. The Balaban J connectivity index is 0.00000120. The van der Waals surface area contributed by atoms with E-state index in [0.717, 1.165) is 31.0 Å². The van der Waals surface area contributed by atoms with Crippen molar-refractivity contribution in [2.75, 3.05) is 13.1 Å². The van der Waals surface area contributed by atoms with Crippen LogP contribution >= 0.6 is 24.8 Å². The molecule has 3 saturated heterocycles. The van der Waals surface area contributed by atoms with Gasteiger partial charge in [0.25, 0.3) is 0 Å². The average molecular weight is 433 g/mol. The number of piperazine rings is 1. The number of nitrogens with zero attached hydrogens (tertiary/aromatic N) is 3. The summed E-state index contributed by atoms with van der Waals surface area (Å²) in [6, 6.07) is 16.6. The molecule has 29 heavy (non-hydrogen) atoms. The highest BCUT2D eigenvalue weighted by molar-refractivity contribution is 5.85. The summed E-state index contributed by atoms with van der Waals surface area (Å²) in [7, 11) is 0. The number of nitrogens with one attached hydrogen (secondary N) is 1. The average Bonchev–Trinajstić information content (AvgIpc) is 3.07. The van der Waals surface area contributed by atoms with E-state index in [9.17, 15) is 0 Å². The molecule has 3 aliphatic rings. The van der Waals surface area contributed by atoms with E-state index in [1.54, 1.807) is 0 Å². The van der Waals surface area contributed by atoms with Gasteiger partial charge in [0.15, 0.2) is 0 Å². The SMILES string of the molecule is CC(C)c1ccc(-c2nc3ccccn3c2CN2CC3CCC2CN3)cc1.Cl.Cl. The highest BCUT2D eigenvalue weighted by atomic mass is 35.5. The van der Waals surface area contributed by atoms with Crippen LogP contribution in [0.4, 0.5) is 0 Å². The van der Waals surface area contributed by atoms with Crippen LogP contribution in [0.15, 0.2) is 48.7 Å². The fraction of sp³-hybridized carbons (Fsp3) is 0.435. The normalized spacial score (nSPS) is 21.2. The smallest absolute Gasteiger partial charge is 0.137 e. The van der Waals surface area contributed by atoms with E-state index in [1.807, 2.05) is 0 Å². The van der Waals surface area contributed by atoms with Crippen LogP contribution in [0.1, 0.15) is 43.9 Å². The third kappa shape index (κ3) is 4.17. The van der Waals surface area contributed by atoms with Crippen molar-refractivity contribution >= 4 is 30.5 Å². The van der Waals surface area contributed by atoms with E-state index in [-0.39, 0.29) is 24.8 Å². The molecule has 0 aliphatic carbocycles. The second-order valence-corrected chi connectivity index (χ2v) is 8.38. The van der Waals surface area contributed by atoms with Crippen LogP contribution in [0.25, 0.3) is 16.9 Å². The molecule has 0 radical (unpaired) electrons. The first-order valence-corrected chi connectivity index (χ1v) is 10.2. The second-order valence-electron chi connectivity index (χ2n) is 8.38. The van der Waals surface area contributed by atoms with Gasteiger partial charge < -0.3 is 9.72 Å². The Bertz CT molecular complexity index is 943. The zero-order valence-electron chi connectivity index (χ0n) is 17.0. The van der Waals surface area contributed by atoms with Gasteiger partial charge in [0.1, 0.15) is 5.65 Å². The van der Waals surface area contributed by atoms with E-state index in [0.29, 0.717) is 18.0 Å². The van der Waals surface area contributed by atoms with Gasteiger partial charge in [0.2, 0.25) is 0 Å². The van der Waals surface area contributed by atoms with Crippen LogP contribution < -0.4 is 5.32 Å². The molecule has 156 valence electrons. The summed E-state index contributed by atoms with van der Waals surface area (Å²) in [5.41, 5.74) is 6.08. The van der Waals surface area contributed by atoms with Gasteiger partial charge in [0.05, 0.1) is 11.4 Å². The van der Waals surface area contributed by atoms with Gasteiger partial charge in [-0.1, -0.05) is 44.2 Å². The lowest BCUT2D eigenvalue weighted by Gasteiger charge is -2.46. The summed E-state index contributed by atoms with van der Waals surface area (Å²) in [5, 5.41) is 3.66. The number of benzene rings is 1. The highest BCUT2D eigenvalue weighted by Crippen LogP contribution is 2.30. The number of pyridine rings is 1. The molecular weight excluding hydrogens is 403 g/mol. The summed E-state index contributed by atoms with van der Waals surface area (Å²) in [6.07, 6.45) is 4.79. The van der Waals surface area contributed by atoms with Gasteiger partial charge in [-0.15, -0.1) is 24.8 Å². The van der Waals surface area contributed by atoms with Crippen LogP contribution in [0.2, 0.25) is 0 Å². The van der Waals surface area contributed by atoms with E-state index in [1.165, 1.54) is 29.7 Å². The zero-order valence-corrected chi connectivity index (χ0v) is 18.7. The lowest BCUT2D eigenvalue weighted by atomic mass is 9.92. The van der Waals surface area contributed by atoms with Crippen LogP contribution in [-0.2, 0) is 6.54 Å². The molecule has 2 unspecified atom stereocenters. The number of hydrogen-bond donors (Lipinski definition) is 1. The Labute approximate surface area is 185 Å². The quantitative estimate of drug-likeness (QED) is 0.635. The fourth-order valence-electron chi connectivity index (χ4n) is 4.64. The second kappa shape index (κ2) is 9.05. The largest absolute Gasteiger partial charge is 0.311 e. The maximum Gasteiger partial charge on any atom is 0.137 e. The predicted octanol–water partition coefficient (Wildman–Crippen LogP) is 4.90. The molecule has 6 rings (SSSR count). The summed E-state index contributed by atoms with van der Waals surface area (Å²) in [6.45, 7) is 7.72. The molecular formula is C23H30Cl2N4. The number of halogens is 2. The molecule has 2 atom stereocenters. The van der Waals surface area contributed by atoms with Gasteiger partial charge in [-0.2, -0.15) is 0 Å². The summed E-state index contributed by atoms with van der Waals surface area (Å²) >= 11 is 0. The van der Waals surface area contributed by atoms with Crippen molar-refractivity contribution in [3.63, 3.8) is 0 Å². The summed E-state index contributed by atoms with van der Waals surface area (Å²) < 4.78 is 2.28. The first kappa shape index (κ1) is 22.1. The Morgan fingerprint density at radius 1 is 1.07 bits per heavy atom. The Morgan fingerprint density at radius 3 is 2.48 bits per heavy atom. The van der Waals surface area contributed by atoms with E-state index in [2.05, 4.69) is 77.1 Å². The topological polar surface area (TPSA) is 32.6 Å². The first-order chi connectivity index (χ1) is 13.2. The molecule has 0 spiro atoms. The molecule has 3 fully saturated rings. The molecule has 0 saturated carbocycles. The van der Waals surface area contributed by atoms with Crippen molar-refractivity contribution in [1.29, 1.82) is 0 Å². The maximum absolute atomic E-state index is 5.01. The Hall–Kier alpha value is -1.59. The molecule has 5 heterocycles. The van der Waals surface area contributed by atoms with Gasteiger partial charge in [-0.05, 0) is 36.5 Å². The third-order valence-electron chi connectivity index (χ3n) is 6.29. The van der Waals surface area contributed by atoms with Gasteiger partial charge in [-0.25, -0.2) is 4.98 Å². The van der Waals surface area contributed by atoms with Crippen molar-refractivity contribution in [1.82, 2.24) is 19.6 Å². The van der Waals surface area contributed by atoms with Crippen LogP contribution in [0.5, 0.6) is 0 Å². The molecule has 6 heteroatoms.